The van der Waals surface area contributed by atoms with Gasteiger partial charge in [0.2, 0.25) is 5.95 Å². The zero-order chi connectivity index (χ0) is 13.1. The van der Waals surface area contributed by atoms with Gasteiger partial charge in [0.05, 0.1) is 0 Å². The van der Waals surface area contributed by atoms with Gasteiger partial charge in [-0.3, -0.25) is 10.1 Å². The number of nitrogens with one attached hydrogen (secondary N) is 1. The van der Waals surface area contributed by atoms with Gasteiger partial charge in [0.25, 0.3) is 5.91 Å². The second kappa shape index (κ2) is 5.10. The van der Waals surface area contributed by atoms with Gasteiger partial charge in [-0.15, -0.1) is 0 Å². The zero-order valence-electron chi connectivity index (χ0n) is 9.94. The van der Waals surface area contributed by atoms with Crippen molar-refractivity contribution in [2.45, 2.75) is 13.8 Å². The molecule has 0 aliphatic carbocycles. The molecular weight excluding hydrogens is 252 g/mol. The molecule has 0 bridgehead atoms. The first-order valence-electron chi connectivity index (χ1n) is 5.31. The first kappa shape index (κ1) is 12.4. The maximum atomic E-state index is 11.9. The minimum atomic E-state index is -0.361. The maximum absolute atomic E-state index is 11.9. The first-order valence-corrected chi connectivity index (χ1v) is 5.68. The number of aromatic nitrogens is 3. The van der Waals surface area contributed by atoms with Crippen molar-refractivity contribution in [3.05, 3.63) is 46.5 Å². The summed E-state index contributed by atoms with van der Waals surface area (Å²) in [5.74, 6) is -0.186. The molecule has 0 spiro atoms. The molecule has 0 saturated carbocycles. The Kier molecular flexibility index (Phi) is 3.53. The molecule has 5 nitrogen and oxygen atoms in total. The molecule has 0 aliphatic rings. The van der Waals surface area contributed by atoms with E-state index < -0.39 is 0 Å². The molecule has 0 unspecified atom stereocenters. The number of anilines is 1. The van der Waals surface area contributed by atoms with Crippen LogP contribution in [0.3, 0.4) is 0 Å². The number of carbonyl (C=O) groups is 1. The highest BCUT2D eigenvalue weighted by molar-refractivity contribution is 6.29. The van der Waals surface area contributed by atoms with E-state index in [1.165, 1.54) is 0 Å². The molecule has 18 heavy (non-hydrogen) atoms. The predicted molar refractivity (Wildman–Crippen MR) is 68.7 cm³/mol. The van der Waals surface area contributed by atoms with Gasteiger partial charge in [0.15, 0.2) is 0 Å². The fourth-order valence-electron chi connectivity index (χ4n) is 1.42. The van der Waals surface area contributed by atoms with Crippen LogP contribution in [-0.4, -0.2) is 20.9 Å². The van der Waals surface area contributed by atoms with Gasteiger partial charge >= 0.3 is 0 Å². The zero-order valence-corrected chi connectivity index (χ0v) is 10.7. The average Bonchev–Trinajstić information content (AvgIpc) is 2.27. The number of nitrogens with zero attached hydrogens (tertiary/aromatic N) is 3. The molecule has 6 heteroatoms. The average molecular weight is 263 g/mol. The van der Waals surface area contributed by atoms with Crippen LogP contribution >= 0.6 is 11.6 Å². The van der Waals surface area contributed by atoms with Crippen molar-refractivity contribution >= 4 is 23.5 Å². The van der Waals surface area contributed by atoms with Crippen molar-refractivity contribution in [3.8, 4) is 0 Å². The quantitative estimate of drug-likeness (QED) is 0.844. The summed E-state index contributed by atoms with van der Waals surface area (Å²) in [5.41, 5.74) is 1.77. The van der Waals surface area contributed by atoms with E-state index in [-0.39, 0.29) is 17.0 Å². The summed E-state index contributed by atoms with van der Waals surface area (Å²) >= 11 is 5.79. The van der Waals surface area contributed by atoms with Crippen molar-refractivity contribution in [3.63, 3.8) is 0 Å². The number of pyridine rings is 1. The summed E-state index contributed by atoms with van der Waals surface area (Å²) in [5, 5.41) is 2.85. The molecule has 1 amide bonds. The van der Waals surface area contributed by atoms with E-state index in [4.69, 9.17) is 11.6 Å². The van der Waals surface area contributed by atoms with E-state index in [2.05, 4.69) is 20.3 Å². The van der Waals surface area contributed by atoms with Crippen LogP contribution in [-0.2, 0) is 0 Å². The minimum Gasteiger partial charge on any atom is -0.289 e. The Labute approximate surface area is 109 Å². The van der Waals surface area contributed by atoms with Crippen LogP contribution in [0.1, 0.15) is 21.9 Å². The van der Waals surface area contributed by atoms with E-state index in [0.717, 1.165) is 5.69 Å². The van der Waals surface area contributed by atoms with Gasteiger partial charge in [0, 0.05) is 11.4 Å². The van der Waals surface area contributed by atoms with Crippen LogP contribution in [0.15, 0.2) is 24.3 Å². The third kappa shape index (κ3) is 3.01. The SMILES string of the molecule is Cc1cccc(C(=O)Nc2nc(C)cc(Cl)n2)n1. The van der Waals surface area contributed by atoms with Crippen molar-refractivity contribution < 1.29 is 4.79 Å². The highest BCUT2D eigenvalue weighted by Crippen LogP contribution is 2.10. The van der Waals surface area contributed by atoms with Gasteiger partial charge in [-0.05, 0) is 32.0 Å². The van der Waals surface area contributed by atoms with E-state index in [0.29, 0.717) is 11.4 Å². The fraction of sp³-hybridized carbons (Fsp3) is 0.167. The highest BCUT2D eigenvalue weighted by atomic mass is 35.5. The molecule has 0 saturated heterocycles. The fourth-order valence-corrected chi connectivity index (χ4v) is 1.66. The summed E-state index contributed by atoms with van der Waals surface area (Å²) in [6.07, 6.45) is 0. The van der Waals surface area contributed by atoms with Gasteiger partial charge in [-0.1, -0.05) is 17.7 Å². The Morgan fingerprint density at radius 3 is 2.61 bits per heavy atom. The third-order valence-electron chi connectivity index (χ3n) is 2.17. The van der Waals surface area contributed by atoms with Gasteiger partial charge < -0.3 is 0 Å². The highest BCUT2D eigenvalue weighted by Gasteiger charge is 2.10. The number of hydrogen-bond acceptors (Lipinski definition) is 4. The number of rotatable bonds is 2. The molecule has 0 aromatic carbocycles. The Morgan fingerprint density at radius 1 is 1.17 bits per heavy atom. The van der Waals surface area contributed by atoms with E-state index in [1.54, 1.807) is 25.1 Å². The molecule has 0 aliphatic heterocycles. The number of aryl methyl sites for hydroxylation is 2. The van der Waals surface area contributed by atoms with Crippen LogP contribution in [0, 0.1) is 13.8 Å². The van der Waals surface area contributed by atoms with Crippen LogP contribution in [0.4, 0.5) is 5.95 Å². The minimum absolute atomic E-state index is 0.174. The Bertz CT molecular complexity index is 580. The summed E-state index contributed by atoms with van der Waals surface area (Å²) in [6, 6.07) is 6.82. The molecular formula is C12H11ClN4O. The number of hydrogen-bond donors (Lipinski definition) is 1. The van der Waals surface area contributed by atoms with Crippen molar-refractivity contribution in [1.82, 2.24) is 15.0 Å². The molecule has 1 N–H and O–H groups in total. The van der Waals surface area contributed by atoms with E-state index in [1.807, 2.05) is 13.0 Å². The molecule has 0 atom stereocenters. The normalized spacial score (nSPS) is 10.2. The summed E-state index contributed by atoms with van der Waals surface area (Å²) < 4.78 is 0. The molecule has 2 rings (SSSR count). The second-order valence-corrected chi connectivity index (χ2v) is 4.16. The lowest BCUT2D eigenvalue weighted by atomic mass is 10.3. The van der Waals surface area contributed by atoms with Crippen molar-refractivity contribution in [1.29, 1.82) is 0 Å². The molecule has 0 fully saturated rings. The second-order valence-electron chi connectivity index (χ2n) is 3.77. The lowest BCUT2D eigenvalue weighted by Crippen LogP contribution is -2.16. The predicted octanol–water partition coefficient (Wildman–Crippen LogP) is 2.39. The van der Waals surface area contributed by atoms with Crippen molar-refractivity contribution in [2.24, 2.45) is 0 Å². The molecule has 0 radical (unpaired) electrons. The topological polar surface area (TPSA) is 67.8 Å². The largest absolute Gasteiger partial charge is 0.289 e. The summed E-state index contributed by atoms with van der Waals surface area (Å²) in [6.45, 7) is 3.59. The first-order chi connectivity index (χ1) is 8.54. The summed E-state index contributed by atoms with van der Waals surface area (Å²) in [7, 11) is 0. The standard InChI is InChI=1S/C12H11ClN4O/c1-7-4-3-5-9(14-7)11(18)17-12-15-8(2)6-10(13)16-12/h3-6H,1-2H3,(H,15,16,17,18). The third-order valence-corrected chi connectivity index (χ3v) is 2.36. The lowest BCUT2D eigenvalue weighted by molar-refractivity contribution is 0.102. The van der Waals surface area contributed by atoms with Crippen LogP contribution in [0.25, 0.3) is 0 Å². The van der Waals surface area contributed by atoms with E-state index in [9.17, 15) is 4.79 Å². The Morgan fingerprint density at radius 2 is 1.94 bits per heavy atom. The maximum Gasteiger partial charge on any atom is 0.276 e. The number of halogens is 1. The van der Waals surface area contributed by atoms with Crippen LogP contribution in [0.2, 0.25) is 5.15 Å². The van der Waals surface area contributed by atoms with Gasteiger partial charge in [-0.25, -0.2) is 15.0 Å². The number of amides is 1. The molecule has 2 heterocycles. The summed E-state index contributed by atoms with van der Waals surface area (Å²) in [4.78, 5) is 24.0. The lowest BCUT2D eigenvalue weighted by Gasteiger charge is -2.04. The molecule has 2 aromatic heterocycles. The smallest absolute Gasteiger partial charge is 0.276 e. The van der Waals surface area contributed by atoms with Gasteiger partial charge in [-0.2, -0.15) is 0 Å². The Hall–Kier alpha value is -2.01. The van der Waals surface area contributed by atoms with Gasteiger partial charge in [0.1, 0.15) is 10.8 Å². The van der Waals surface area contributed by atoms with Crippen LogP contribution < -0.4 is 5.32 Å². The Balaban J connectivity index is 2.21. The number of carbonyl (C=O) groups excluding carboxylic acids is 1. The van der Waals surface area contributed by atoms with Crippen LogP contribution in [0.5, 0.6) is 0 Å². The molecule has 2 aromatic rings. The van der Waals surface area contributed by atoms with E-state index >= 15 is 0 Å². The molecule has 92 valence electrons. The van der Waals surface area contributed by atoms with Crippen molar-refractivity contribution in [2.75, 3.05) is 5.32 Å². The monoisotopic (exact) mass is 262 g/mol.